The normalized spacial score (nSPS) is 13.6. The van der Waals surface area contributed by atoms with Crippen LogP contribution >= 0.6 is 15.9 Å². The van der Waals surface area contributed by atoms with E-state index in [4.69, 9.17) is 5.11 Å². The summed E-state index contributed by atoms with van der Waals surface area (Å²) < 4.78 is 4.51. The first kappa shape index (κ1) is 25.7. The molecule has 0 atom stereocenters. The van der Waals surface area contributed by atoms with E-state index in [1.807, 2.05) is 12.1 Å². The van der Waals surface area contributed by atoms with Gasteiger partial charge in [0.2, 0.25) is 0 Å². The van der Waals surface area contributed by atoms with Crippen LogP contribution in [0.25, 0.3) is 0 Å². The van der Waals surface area contributed by atoms with Crippen molar-refractivity contribution in [2.24, 2.45) is 0 Å². The number of fused-ring (bicyclic) bond motifs is 2. The second-order valence-corrected chi connectivity index (χ2v) is 8.05. The largest absolute Gasteiger partial charge is 0.481 e. The molecule has 0 saturated carbocycles. The van der Waals surface area contributed by atoms with Crippen LogP contribution in [0.1, 0.15) is 37.3 Å². The van der Waals surface area contributed by atoms with E-state index in [0.717, 1.165) is 25.9 Å². The SMILES string of the molecule is CCOC(=O)CBr.O=C(O)CCN1CCCc2ccccc21.c1ccc2c(c1)CCCN2. The summed E-state index contributed by atoms with van der Waals surface area (Å²) in [6, 6.07) is 16.8. The lowest BCUT2D eigenvalue weighted by molar-refractivity contribution is -0.140. The molecular formula is C25H33BrN2O4. The number of ether oxygens (including phenoxy) is 1. The van der Waals surface area contributed by atoms with Gasteiger partial charge >= 0.3 is 11.9 Å². The van der Waals surface area contributed by atoms with Gasteiger partial charge in [-0.3, -0.25) is 9.59 Å². The Morgan fingerprint density at radius 1 is 1.06 bits per heavy atom. The van der Waals surface area contributed by atoms with E-state index < -0.39 is 5.97 Å². The van der Waals surface area contributed by atoms with Crippen LogP contribution < -0.4 is 10.2 Å². The number of esters is 1. The molecule has 0 aliphatic carbocycles. The quantitative estimate of drug-likeness (QED) is 0.445. The summed E-state index contributed by atoms with van der Waals surface area (Å²) in [6.45, 7) is 4.97. The maximum Gasteiger partial charge on any atom is 0.316 e. The molecule has 0 spiro atoms. The van der Waals surface area contributed by atoms with Crippen molar-refractivity contribution < 1.29 is 19.4 Å². The van der Waals surface area contributed by atoms with Crippen LogP contribution in [0.5, 0.6) is 0 Å². The van der Waals surface area contributed by atoms with Crippen LogP contribution in [0.4, 0.5) is 11.4 Å². The molecule has 6 nitrogen and oxygen atoms in total. The molecule has 32 heavy (non-hydrogen) atoms. The third-order valence-corrected chi connectivity index (χ3v) is 5.63. The predicted octanol–water partition coefficient (Wildman–Crippen LogP) is 4.90. The zero-order valence-corrected chi connectivity index (χ0v) is 20.3. The van der Waals surface area contributed by atoms with Gasteiger partial charge in [0.1, 0.15) is 5.33 Å². The molecule has 2 aromatic carbocycles. The molecule has 2 aliphatic rings. The van der Waals surface area contributed by atoms with Crippen LogP contribution in [0.3, 0.4) is 0 Å². The summed E-state index contributed by atoms with van der Waals surface area (Å²) in [4.78, 5) is 22.8. The topological polar surface area (TPSA) is 78.9 Å². The second-order valence-electron chi connectivity index (χ2n) is 7.49. The monoisotopic (exact) mass is 504 g/mol. The van der Waals surface area contributed by atoms with Gasteiger partial charge < -0.3 is 20.1 Å². The molecule has 2 N–H and O–H groups in total. The molecule has 0 radical (unpaired) electrons. The highest BCUT2D eigenvalue weighted by Gasteiger charge is 2.16. The number of nitrogens with zero attached hydrogens (tertiary/aromatic N) is 1. The van der Waals surface area contributed by atoms with E-state index >= 15 is 0 Å². The fourth-order valence-electron chi connectivity index (χ4n) is 3.69. The number of hydrogen-bond acceptors (Lipinski definition) is 5. The van der Waals surface area contributed by atoms with Crippen molar-refractivity contribution in [1.82, 2.24) is 0 Å². The highest BCUT2D eigenvalue weighted by Crippen LogP contribution is 2.26. The molecular weight excluding hydrogens is 472 g/mol. The minimum Gasteiger partial charge on any atom is -0.481 e. The van der Waals surface area contributed by atoms with Crippen molar-refractivity contribution in [3.05, 3.63) is 59.7 Å². The molecule has 0 aromatic heterocycles. The minimum atomic E-state index is -0.724. The van der Waals surface area contributed by atoms with Gasteiger partial charge in [0.05, 0.1) is 13.0 Å². The predicted molar refractivity (Wildman–Crippen MR) is 133 cm³/mol. The number of aliphatic carboxylic acids is 1. The zero-order chi connectivity index (χ0) is 23.2. The maximum atomic E-state index is 10.5. The molecule has 0 saturated heterocycles. The van der Waals surface area contributed by atoms with E-state index in [9.17, 15) is 9.59 Å². The van der Waals surface area contributed by atoms with Crippen LogP contribution in [-0.4, -0.2) is 48.6 Å². The van der Waals surface area contributed by atoms with Crippen molar-refractivity contribution in [1.29, 1.82) is 0 Å². The number of nitrogens with one attached hydrogen (secondary N) is 1. The lowest BCUT2D eigenvalue weighted by Crippen LogP contribution is -2.31. The number of hydrogen-bond donors (Lipinski definition) is 2. The second kappa shape index (κ2) is 14.5. The van der Waals surface area contributed by atoms with Crippen LogP contribution in [0.2, 0.25) is 0 Å². The molecule has 0 amide bonds. The van der Waals surface area contributed by atoms with Crippen molar-refractivity contribution in [2.75, 3.05) is 41.8 Å². The lowest BCUT2D eigenvalue weighted by Gasteiger charge is -2.30. The van der Waals surface area contributed by atoms with Gasteiger partial charge in [-0.15, -0.1) is 0 Å². The standard InChI is InChI=1S/C12H15NO2.C9H11N.C4H7BrO2/c14-12(15)7-9-13-8-3-5-10-4-1-2-6-11(10)13;1-2-6-9-8(4-1)5-3-7-10-9;1-2-7-4(6)3-5/h1-2,4,6H,3,5,7-9H2,(H,14,15);1-2,4,6,10H,3,5,7H2;2-3H2,1H3. The number of benzene rings is 2. The van der Waals surface area contributed by atoms with Gasteiger partial charge in [0.15, 0.2) is 0 Å². The Kier molecular flexibility index (Phi) is 11.7. The zero-order valence-electron chi connectivity index (χ0n) is 18.7. The molecule has 2 aromatic rings. The summed E-state index contributed by atoms with van der Waals surface area (Å²) in [7, 11) is 0. The molecule has 2 aliphatic heterocycles. The summed E-state index contributed by atoms with van der Waals surface area (Å²) in [5.74, 6) is -0.930. The number of aryl methyl sites for hydroxylation is 2. The van der Waals surface area contributed by atoms with E-state index in [2.05, 4.69) is 67.3 Å². The lowest BCUT2D eigenvalue weighted by atomic mass is 10.0. The van der Waals surface area contributed by atoms with Gasteiger partial charge in [0.25, 0.3) is 0 Å². The molecule has 174 valence electrons. The van der Waals surface area contributed by atoms with Gasteiger partial charge in [-0.1, -0.05) is 52.3 Å². The number of halogens is 1. The number of alkyl halides is 1. The van der Waals surface area contributed by atoms with Gasteiger partial charge in [-0.05, 0) is 55.9 Å². The number of carbonyl (C=O) groups excluding carboxylic acids is 1. The third-order valence-electron chi connectivity index (χ3n) is 5.17. The Balaban J connectivity index is 0.000000185. The molecule has 7 heteroatoms. The number of carbonyl (C=O) groups is 2. The number of carboxylic acids is 1. The van der Waals surface area contributed by atoms with E-state index in [1.165, 1.54) is 35.3 Å². The van der Waals surface area contributed by atoms with Crippen molar-refractivity contribution in [3.8, 4) is 0 Å². The molecule has 4 rings (SSSR count). The Hall–Kier alpha value is -2.54. The van der Waals surface area contributed by atoms with Crippen LogP contribution in [0, 0.1) is 0 Å². The maximum absolute atomic E-state index is 10.5. The molecule has 0 unspecified atom stereocenters. The van der Waals surface area contributed by atoms with Gasteiger partial charge in [-0.25, -0.2) is 0 Å². The summed E-state index contributed by atoms with van der Waals surface area (Å²) in [6.07, 6.45) is 4.96. The third kappa shape index (κ3) is 8.91. The molecule has 0 fully saturated rings. The van der Waals surface area contributed by atoms with E-state index in [-0.39, 0.29) is 12.4 Å². The molecule has 2 heterocycles. The van der Waals surface area contributed by atoms with Gasteiger partial charge in [0, 0.05) is 31.0 Å². The van der Waals surface area contributed by atoms with E-state index in [0.29, 0.717) is 18.5 Å². The first-order valence-electron chi connectivity index (χ1n) is 11.1. The number of anilines is 2. The first-order valence-corrected chi connectivity index (χ1v) is 12.2. The van der Waals surface area contributed by atoms with Crippen molar-refractivity contribution >= 4 is 39.2 Å². The first-order chi connectivity index (χ1) is 15.5. The van der Waals surface area contributed by atoms with Crippen molar-refractivity contribution in [3.63, 3.8) is 0 Å². The molecule has 0 bridgehead atoms. The average molecular weight is 505 g/mol. The number of rotatable bonds is 5. The number of para-hydroxylation sites is 2. The Bertz CT molecular complexity index is 834. The minimum absolute atomic E-state index is 0.206. The van der Waals surface area contributed by atoms with Gasteiger partial charge in [-0.2, -0.15) is 0 Å². The summed E-state index contributed by atoms with van der Waals surface area (Å²) in [5, 5.41) is 12.3. The van der Waals surface area contributed by atoms with Crippen molar-refractivity contribution in [2.45, 2.75) is 39.0 Å². The Labute approximate surface area is 199 Å². The average Bonchev–Trinajstić information content (AvgIpc) is 2.83. The smallest absolute Gasteiger partial charge is 0.316 e. The van der Waals surface area contributed by atoms with E-state index in [1.54, 1.807) is 6.92 Å². The van der Waals surface area contributed by atoms with Crippen LogP contribution in [0.15, 0.2) is 48.5 Å². The summed E-state index contributed by atoms with van der Waals surface area (Å²) >= 11 is 2.94. The fourth-order valence-corrected chi connectivity index (χ4v) is 3.85. The highest BCUT2D eigenvalue weighted by atomic mass is 79.9. The fraction of sp³-hybridized carbons (Fsp3) is 0.440. The highest BCUT2D eigenvalue weighted by molar-refractivity contribution is 9.09. The Morgan fingerprint density at radius 2 is 1.75 bits per heavy atom. The number of carboxylic acid groups (broad SMARTS) is 1. The summed E-state index contributed by atoms with van der Waals surface area (Å²) in [5.41, 5.74) is 5.35. The van der Waals surface area contributed by atoms with Crippen LogP contribution in [-0.2, 0) is 27.2 Å². The Morgan fingerprint density at radius 3 is 2.41 bits per heavy atom.